The molecule has 8 nitrogen and oxygen atoms in total. The summed E-state index contributed by atoms with van der Waals surface area (Å²) in [7, 11) is 1.72. The number of nitrogens with zero attached hydrogens (tertiary/aromatic N) is 6. The van der Waals surface area contributed by atoms with Crippen LogP contribution in [0.5, 0.6) is 0 Å². The normalized spacial score (nSPS) is 14.8. The number of rotatable bonds is 8. The van der Waals surface area contributed by atoms with Gasteiger partial charge < -0.3 is 4.57 Å². The van der Waals surface area contributed by atoms with Gasteiger partial charge in [0.1, 0.15) is 0 Å². The van der Waals surface area contributed by atoms with E-state index in [4.69, 9.17) is 0 Å². The zero-order valence-electron chi connectivity index (χ0n) is 18.8. The van der Waals surface area contributed by atoms with Crippen LogP contribution in [0.2, 0.25) is 0 Å². The Morgan fingerprint density at radius 1 is 1.22 bits per heavy atom. The molecule has 0 atom stereocenters. The molecule has 0 bridgehead atoms. The second kappa shape index (κ2) is 9.60. The summed E-state index contributed by atoms with van der Waals surface area (Å²) in [5, 5.41) is 9.62. The summed E-state index contributed by atoms with van der Waals surface area (Å²) in [5.41, 5.74) is 5.18. The smallest absolute Gasteiger partial charge is 0.242 e. The monoisotopic (exact) mass is 492 g/mol. The summed E-state index contributed by atoms with van der Waals surface area (Å²) in [6.45, 7) is 4.74. The molecule has 1 aliphatic heterocycles. The highest BCUT2D eigenvalue weighted by Gasteiger charge is 2.22. The Kier molecular flexibility index (Phi) is 7.01. The summed E-state index contributed by atoms with van der Waals surface area (Å²) in [5.74, 6) is 1.81. The minimum absolute atomic E-state index is 0.368. The molecule has 11 heteroatoms. The Morgan fingerprint density at radius 2 is 2.03 bits per heavy atom. The molecule has 0 spiro atoms. The van der Waals surface area contributed by atoms with Crippen LogP contribution in [0, 0.1) is 6.92 Å². The van der Waals surface area contributed by atoms with Crippen molar-refractivity contribution in [3.63, 3.8) is 0 Å². The maximum absolute atomic E-state index is 12.5. The van der Waals surface area contributed by atoms with E-state index in [1.807, 2.05) is 36.2 Å². The van der Waals surface area contributed by atoms with Crippen LogP contribution < -0.4 is 0 Å². The number of benzene rings is 1. The van der Waals surface area contributed by atoms with E-state index in [1.54, 1.807) is 43.3 Å². The second-order valence-corrected chi connectivity index (χ2v) is 12.1. The van der Waals surface area contributed by atoms with E-state index in [-0.39, 0.29) is 0 Å². The van der Waals surface area contributed by atoms with Gasteiger partial charge in [0.25, 0.3) is 0 Å². The minimum Gasteiger partial charge on any atom is -0.304 e. The van der Waals surface area contributed by atoms with Gasteiger partial charge in [-0.1, -0.05) is 17.8 Å². The van der Waals surface area contributed by atoms with Crippen molar-refractivity contribution >= 4 is 33.1 Å². The van der Waals surface area contributed by atoms with Crippen molar-refractivity contribution in [2.75, 3.05) is 32.9 Å². The van der Waals surface area contributed by atoms with Gasteiger partial charge in [-0.3, -0.25) is 4.90 Å². The Bertz CT molecular complexity index is 1200. The van der Waals surface area contributed by atoms with Gasteiger partial charge in [-0.25, -0.2) is 17.7 Å². The van der Waals surface area contributed by atoms with Crippen LogP contribution >= 0.6 is 23.1 Å². The van der Waals surface area contributed by atoms with Gasteiger partial charge in [-0.05, 0) is 49.6 Å². The average molecular weight is 493 g/mol. The Labute approximate surface area is 197 Å². The molecular weight excluding hydrogens is 464 g/mol. The van der Waals surface area contributed by atoms with E-state index in [1.165, 1.54) is 9.87 Å². The Hall–Kier alpha value is -1.79. The highest BCUT2D eigenvalue weighted by molar-refractivity contribution is 7.99. The Morgan fingerprint density at radius 3 is 2.75 bits per heavy atom. The van der Waals surface area contributed by atoms with E-state index in [9.17, 15) is 8.42 Å². The molecule has 2 aromatic heterocycles. The molecule has 1 aromatic carbocycles. The first kappa shape index (κ1) is 23.4. The van der Waals surface area contributed by atoms with E-state index < -0.39 is 10.0 Å². The SMILES string of the molecule is Cc1ncsc1-c1nnc(SCCCN2CCc3ccc(S(=O)(=O)N(C)C)cc3C2)n1C. The maximum Gasteiger partial charge on any atom is 0.242 e. The van der Waals surface area contributed by atoms with Crippen molar-refractivity contribution < 1.29 is 8.42 Å². The summed E-state index contributed by atoms with van der Waals surface area (Å²) in [4.78, 5) is 8.14. The molecule has 0 N–H and O–H groups in total. The number of sulfonamides is 1. The predicted molar refractivity (Wildman–Crippen MR) is 128 cm³/mol. The van der Waals surface area contributed by atoms with Crippen LogP contribution in [0.3, 0.4) is 0 Å². The molecule has 0 unspecified atom stereocenters. The van der Waals surface area contributed by atoms with Crippen molar-refractivity contribution in [1.82, 2.24) is 29.0 Å². The van der Waals surface area contributed by atoms with Crippen LogP contribution in [0.15, 0.2) is 33.8 Å². The third-order valence-electron chi connectivity index (χ3n) is 5.68. The van der Waals surface area contributed by atoms with Gasteiger partial charge in [-0.2, -0.15) is 0 Å². The summed E-state index contributed by atoms with van der Waals surface area (Å²) in [6, 6.07) is 5.53. The van der Waals surface area contributed by atoms with Crippen LogP contribution in [0.25, 0.3) is 10.7 Å². The Balaban J connectivity index is 1.32. The van der Waals surface area contributed by atoms with Crippen molar-refractivity contribution in [1.29, 1.82) is 0 Å². The summed E-state index contributed by atoms with van der Waals surface area (Å²) >= 11 is 3.30. The molecule has 3 heterocycles. The van der Waals surface area contributed by atoms with Gasteiger partial charge in [0.05, 0.1) is 21.0 Å². The van der Waals surface area contributed by atoms with Crippen LogP contribution in [0.4, 0.5) is 0 Å². The highest BCUT2D eigenvalue weighted by Crippen LogP contribution is 2.28. The molecule has 0 radical (unpaired) electrons. The van der Waals surface area contributed by atoms with Gasteiger partial charge in [0.15, 0.2) is 11.0 Å². The van der Waals surface area contributed by atoms with Crippen molar-refractivity contribution in [3.05, 3.63) is 40.5 Å². The third kappa shape index (κ3) is 4.76. The quantitative estimate of drug-likeness (QED) is 0.353. The van der Waals surface area contributed by atoms with Crippen molar-refractivity contribution in [2.24, 2.45) is 7.05 Å². The molecule has 4 rings (SSSR count). The van der Waals surface area contributed by atoms with Gasteiger partial charge in [-0.15, -0.1) is 21.5 Å². The second-order valence-electron chi connectivity index (χ2n) is 8.08. The first-order valence-electron chi connectivity index (χ1n) is 10.5. The fourth-order valence-electron chi connectivity index (χ4n) is 3.76. The van der Waals surface area contributed by atoms with Crippen LogP contribution in [-0.4, -0.2) is 70.3 Å². The zero-order chi connectivity index (χ0) is 22.9. The molecule has 0 aliphatic carbocycles. The number of thioether (sulfide) groups is 1. The molecule has 0 fully saturated rings. The molecule has 0 amide bonds. The fourth-order valence-corrected chi connectivity index (χ4v) is 6.37. The molecule has 1 aliphatic rings. The number of fused-ring (bicyclic) bond motifs is 1. The van der Waals surface area contributed by atoms with Crippen molar-refractivity contribution in [3.8, 4) is 10.7 Å². The van der Waals surface area contributed by atoms with Gasteiger partial charge in [0.2, 0.25) is 10.0 Å². The third-order valence-corrected chi connectivity index (χ3v) is 9.52. The molecule has 0 saturated heterocycles. The fraction of sp³-hybridized carbons (Fsp3) is 0.476. The van der Waals surface area contributed by atoms with Crippen LogP contribution in [0.1, 0.15) is 23.2 Å². The number of aryl methyl sites for hydroxylation is 1. The standard InChI is InChI=1S/C21H28N6O2S3/c1-15-19(31-14-22-15)20-23-24-21(26(20)4)30-11-5-9-27-10-8-16-6-7-18(12-17(16)13-27)32(28,29)25(2)3/h6-7,12,14H,5,8-11,13H2,1-4H3. The first-order valence-corrected chi connectivity index (χ1v) is 13.8. The molecule has 3 aromatic rings. The predicted octanol–water partition coefficient (Wildman–Crippen LogP) is 3.04. The maximum atomic E-state index is 12.5. The summed E-state index contributed by atoms with van der Waals surface area (Å²) in [6.07, 6.45) is 1.98. The van der Waals surface area contributed by atoms with Gasteiger partial charge >= 0.3 is 0 Å². The first-order chi connectivity index (χ1) is 15.3. The lowest BCUT2D eigenvalue weighted by Crippen LogP contribution is -2.32. The highest BCUT2D eigenvalue weighted by atomic mass is 32.2. The number of thiazole rings is 1. The zero-order valence-corrected chi connectivity index (χ0v) is 21.2. The average Bonchev–Trinajstić information content (AvgIpc) is 3.35. The van der Waals surface area contributed by atoms with E-state index in [0.717, 1.165) is 65.3 Å². The topological polar surface area (TPSA) is 84.2 Å². The van der Waals surface area contributed by atoms with Crippen molar-refractivity contribution in [2.45, 2.75) is 36.4 Å². The van der Waals surface area contributed by atoms with E-state index >= 15 is 0 Å². The van der Waals surface area contributed by atoms with E-state index in [0.29, 0.717) is 4.90 Å². The molecular formula is C21H28N6O2S3. The minimum atomic E-state index is -3.41. The summed E-state index contributed by atoms with van der Waals surface area (Å²) < 4.78 is 28.2. The van der Waals surface area contributed by atoms with Gasteiger partial charge in [0, 0.05) is 40.0 Å². The lowest BCUT2D eigenvalue weighted by atomic mass is 10.00. The number of aromatic nitrogens is 4. The van der Waals surface area contributed by atoms with Crippen LogP contribution in [-0.2, 0) is 30.0 Å². The lowest BCUT2D eigenvalue weighted by Gasteiger charge is -2.29. The lowest BCUT2D eigenvalue weighted by molar-refractivity contribution is 0.255. The van der Waals surface area contributed by atoms with E-state index in [2.05, 4.69) is 20.1 Å². The molecule has 172 valence electrons. The largest absolute Gasteiger partial charge is 0.304 e. The molecule has 0 saturated carbocycles. The number of hydrogen-bond acceptors (Lipinski definition) is 8. The number of hydrogen-bond donors (Lipinski definition) is 0. The molecule has 32 heavy (non-hydrogen) atoms.